The fraction of sp³-hybridized carbons (Fsp3) is 0.133. The fourth-order valence-electron chi connectivity index (χ4n) is 1.85. The molecule has 0 saturated heterocycles. The number of amides is 1. The van der Waals surface area contributed by atoms with Crippen molar-refractivity contribution >= 4 is 17.3 Å². The Morgan fingerprint density at radius 1 is 1.24 bits per heavy atom. The van der Waals surface area contributed by atoms with E-state index in [-0.39, 0.29) is 17.3 Å². The summed E-state index contributed by atoms with van der Waals surface area (Å²) in [7, 11) is 0. The molecule has 0 heterocycles. The molecule has 0 aromatic heterocycles. The van der Waals surface area contributed by atoms with Gasteiger partial charge < -0.3 is 10.4 Å². The zero-order chi connectivity index (χ0) is 15.4. The third kappa shape index (κ3) is 3.56. The van der Waals surface area contributed by atoms with Crippen LogP contribution in [0.15, 0.2) is 48.5 Å². The van der Waals surface area contributed by atoms with Gasteiger partial charge in [-0.25, -0.2) is 0 Å². The Bertz CT molecular complexity index is 668. The number of phenolic OH excluding ortho intramolecular Hbond substituents is 1. The lowest BCUT2D eigenvalue weighted by Crippen LogP contribution is -2.18. The van der Waals surface area contributed by atoms with Gasteiger partial charge in [0, 0.05) is 17.8 Å². The summed E-state index contributed by atoms with van der Waals surface area (Å²) < 4.78 is 0. The highest BCUT2D eigenvalue weighted by Gasteiger charge is 2.17. The molecule has 2 N–H and O–H groups in total. The van der Waals surface area contributed by atoms with E-state index in [4.69, 9.17) is 0 Å². The summed E-state index contributed by atoms with van der Waals surface area (Å²) in [6, 6.07) is 12.1. The van der Waals surface area contributed by atoms with Crippen molar-refractivity contribution < 1.29 is 14.8 Å². The van der Waals surface area contributed by atoms with Crippen molar-refractivity contribution in [2.24, 2.45) is 0 Å². The Morgan fingerprint density at radius 2 is 1.90 bits per heavy atom. The molecule has 2 aromatic carbocycles. The van der Waals surface area contributed by atoms with E-state index in [1.165, 1.54) is 24.3 Å². The molecule has 1 amide bonds. The molecule has 2 aromatic rings. The minimum Gasteiger partial charge on any atom is -0.508 e. The van der Waals surface area contributed by atoms with Crippen LogP contribution in [0.25, 0.3) is 0 Å². The molecule has 6 heteroatoms. The lowest BCUT2D eigenvalue weighted by Gasteiger charge is -2.12. The van der Waals surface area contributed by atoms with Crippen molar-refractivity contribution in [3.05, 3.63) is 64.2 Å². The van der Waals surface area contributed by atoms with Crippen LogP contribution in [0, 0.1) is 10.1 Å². The molecule has 21 heavy (non-hydrogen) atoms. The fourth-order valence-corrected chi connectivity index (χ4v) is 1.85. The van der Waals surface area contributed by atoms with Gasteiger partial charge in [0.05, 0.1) is 10.8 Å². The van der Waals surface area contributed by atoms with E-state index < -0.39 is 10.8 Å². The van der Waals surface area contributed by atoms with Crippen LogP contribution in [-0.4, -0.2) is 15.9 Å². The van der Waals surface area contributed by atoms with Crippen molar-refractivity contribution in [1.29, 1.82) is 0 Å². The van der Waals surface area contributed by atoms with Crippen LogP contribution in [0.1, 0.15) is 18.4 Å². The maximum Gasteiger partial charge on any atom is 0.269 e. The number of aromatic hydroxyl groups is 1. The number of anilines is 1. The van der Waals surface area contributed by atoms with E-state index in [1.807, 2.05) is 0 Å². The lowest BCUT2D eigenvalue weighted by molar-refractivity contribution is -0.384. The number of carbonyl (C=O) groups is 1. The maximum atomic E-state index is 12.1. The first-order valence-corrected chi connectivity index (χ1v) is 6.31. The largest absolute Gasteiger partial charge is 0.508 e. The van der Waals surface area contributed by atoms with Gasteiger partial charge in [-0.05, 0) is 36.8 Å². The Kier molecular flexibility index (Phi) is 4.18. The van der Waals surface area contributed by atoms with E-state index in [1.54, 1.807) is 31.2 Å². The smallest absolute Gasteiger partial charge is 0.269 e. The summed E-state index contributed by atoms with van der Waals surface area (Å²) >= 11 is 0. The van der Waals surface area contributed by atoms with Crippen molar-refractivity contribution in [3.8, 4) is 5.75 Å². The van der Waals surface area contributed by atoms with Crippen molar-refractivity contribution in [2.45, 2.75) is 12.8 Å². The van der Waals surface area contributed by atoms with Gasteiger partial charge in [-0.15, -0.1) is 0 Å². The summed E-state index contributed by atoms with van der Waals surface area (Å²) in [5.41, 5.74) is 1.08. The SMILES string of the molecule is CC(C(=O)Nc1ccc(O)cc1)c1cccc([N+](=O)[O-])c1. The monoisotopic (exact) mass is 286 g/mol. The number of nitro benzene ring substituents is 1. The van der Waals surface area contributed by atoms with Crippen LogP contribution >= 0.6 is 0 Å². The number of nitrogens with zero attached hydrogens (tertiary/aromatic N) is 1. The van der Waals surface area contributed by atoms with E-state index in [0.717, 1.165) is 0 Å². The highest BCUT2D eigenvalue weighted by atomic mass is 16.6. The molecule has 1 unspecified atom stereocenters. The van der Waals surface area contributed by atoms with Gasteiger partial charge in [0.2, 0.25) is 5.91 Å². The van der Waals surface area contributed by atoms with Gasteiger partial charge in [-0.1, -0.05) is 12.1 Å². The summed E-state index contributed by atoms with van der Waals surface area (Å²) in [5.74, 6) is -0.695. The van der Waals surface area contributed by atoms with Crippen molar-refractivity contribution in [3.63, 3.8) is 0 Å². The average molecular weight is 286 g/mol. The van der Waals surface area contributed by atoms with E-state index in [2.05, 4.69) is 5.32 Å². The van der Waals surface area contributed by atoms with E-state index in [0.29, 0.717) is 11.3 Å². The second-order valence-corrected chi connectivity index (χ2v) is 4.61. The first-order chi connectivity index (χ1) is 9.97. The maximum absolute atomic E-state index is 12.1. The van der Waals surface area contributed by atoms with Crippen molar-refractivity contribution in [2.75, 3.05) is 5.32 Å². The lowest BCUT2D eigenvalue weighted by atomic mass is 9.99. The van der Waals surface area contributed by atoms with Gasteiger partial charge in [0.25, 0.3) is 5.69 Å². The molecular weight excluding hydrogens is 272 g/mol. The number of hydrogen-bond acceptors (Lipinski definition) is 4. The molecule has 108 valence electrons. The number of nitro groups is 1. The van der Waals surface area contributed by atoms with Crippen LogP contribution in [0.2, 0.25) is 0 Å². The van der Waals surface area contributed by atoms with E-state index in [9.17, 15) is 20.0 Å². The number of carbonyl (C=O) groups excluding carboxylic acids is 1. The van der Waals surface area contributed by atoms with Crippen LogP contribution in [-0.2, 0) is 4.79 Å². The highest BCUT2D eigenvalue weighted by molar-refractivity contribution is 5.95. The molecule has 6 nitrogen and oxygen atoms in total. The van der Waals surface area contributed by atoms with Crippen LogP contribution in [0.3, 0.4) is 0 Å². The number of non-ortho nitro benzene ring substituents is 1. The quantitative estimate of drug-likeness (QED) is 0.513. The third-order valence-electron chi connectivity index (χ3n) is 3.11. The molecular formula is C15H14N2O4. The zero-order valence-electron chi connectivity index (χ0n) is 11.3. The van der Waals surface area contributed by atoms with Crippen molar-refractivity contribution in [1.82, 2.24) is 0 Å². The van der Waals surface area contributed by atoms with Gasteiger partial charge in [0.15, 0.2) is 0 Å². The predicted molar refractivity (Wildman–Crippen MR) is 78.2 cm³/mol. The first-order valence-electron chi connectivity index (χ1n) is 6.31. The average Bonchev–Trinajstić information content (AvgIpc) is 2.49. The third-order valence-corrected chi connectivity index (χ3v) is 3.11. The number of nitrogens with one attached hydrogen (secondary N) is 1. The predicted octanol–water partition coefficient (Wildman–Crippen LogP) is 3.04. The number of hydrogen-bond donors (Lipinski definition) is 2. The second-order valence-electron chi connectivity index (χ2n) is 4.61. The number of benzene rings is 2. The summed E-state index contributed by atoms with van der Waals surface area (Å²) in [6.07, 6.45) is 0. The molecule has 0 radical (unpaired) electrons. The minimum atomic E-state index is -0.529. The van der Waals surface area contributed by atoms with Gasteiger partial charge >= 0.3 is 0 Å². The molecule has 0 aliphatic carbocycles. The van der Waals surface area contributed by atoms with Crippen LogP contribution in [0.4, 0.5) is 11.4 Å². The molecule has 0 saturated carbocycles. The molecule has 2 rings (SSSR count). The zero-order valence-corrected chi connectivity index (χ0v) is 11.3. The van der Waals surface area contributed by atoms with Gasteiger partial charge in [-0.3, -0.25) is 14.9 Å². The van der Waals surface area contributed by atoms with Crippen LogP contribution in [0.5, 0.6) is 5.75 Å². The molecule has 0 aliphatic heterocycles. The Hall–Kier alpha value is -2.89. The Labute approximate surface area is 121 Å². The highest BCUT2D eigenvalue weighted by Crippen LogP contribution is 2.22. The second kappa shape index (κ2) is 6.04. The normalized spacial score (nSPS) is 11.7. The summed E-state index contributed by atoms with van der Waals surface area (Å²) in [5, 5.41) is 22.6. The van der Waals surface area contributed by atoms with Crippen LogP contribution < -0.4 is 5.32 Å². The van der Waals surface area contributed by atoms with E-state index >= 15 is 0 Å². The molecule has 0 spiro atoms. The summed E-state index contributed by atoms with van der Waals surface area (Å²) in [6.45, 7) is 1.68. The molecule has 0 fully saturated rings. The topological polar surface area (TPSA) is 92.5 Å². The Morgan fingerprint density at radius 3 is 2.52 bits per heavy atom. The molecule has 1 atom stereocenters. The molecule has 0 aliphatic rings. The summed E-state index contributed by atoms with van der Waals surface area (Å²) in [4.78, 5) is 22.4. The Balaban J connectivity index is 2.13. The standard InChI is InChI=1S/C15H14N2O4/c1-10(11-3-2-4-13(9-11)17(20)21)15(19)16-12-5-7-14(18)8-6-12/h2-10,18H,1H3,(H,16,19). The first kappa shape index (κ1) is 14.5. The number of phenols is 1. The van der Waals surface area contributed by atoms with Gasteiger partial charge in [0.1, 0.15) is 5.75 Å². The van der Waals surface area contributed by atoms with Gasteiger partial charge in [-0.2, -0.15) is 0 Å². The minimum absolute atomic E-state index is 0.0446. The molecule has 0 bridgehead atoms. The number of rotatable bonds is 4.